The molecule has 1 aromatic rings. The second-order valence-electron chi connectivity index (χ2n) is 5.20. The van der Waals surface area contributed by atoms with E-state index in [1.807, 2.05) is 25.1 Å². The topological polar surface area (TPSA) is 41.9 Å². The van der Waals surface area contributed by atoms with E-state index in [-0.39, 0.29) is 6.04 Å². The maximum absolute atomic E-state index is 10.3. The van der Waals surface area contributed by atoms with Gasteiger partial charge in [0, 0.05) is 5.56 Å². The lowest BCUT2D eigenvalue weighted by molar-refractivity contribution is 0.00861. The van der Waals surface area contributed by atoms with Gasteiger partial charge in [0.1, 0.15) is 24.2 Å². The summed E-state index contributed by atoms with van der Waals surface area (Å²) in [5.41, 5.74) is 1.06. The summed E-state index contributed by atoms with van der Waals surface area (Å²) in [6, 6.07) is 5.95. The van der Waals surface area contributed by atoms with Crippen LogP contribution in [0.4, 0.5) is 0 Å². The minimum atomic E-state index is -0.456. The normalized spacial score (nSPS) is 26.8. The SMILES string of the molecule is CCOc1ccc2c(c1)C(N1CCCC1)C(O)CO2. The Morgan fingerprint density at radius 2 is 2.16 bits per heavy atom. The summed E-state index contributed by atoms with van der Waals surface area (Å²) in [5, 5.41) is 10.3. The molecule has 2 aliphatic rings. The second-order valence-corrected chi connectivity index (χ2v) is 5.20. The van der Waals surface area contributed by atoms with Gasteiger partial charge in [-0.2, -0.15) is 0 Å². The Balaban J connectivity index is 1.94. The second kappa shape index (κ2) is 5.39. The number of fused-ring (bicyclic) bond motifs is 1. The van der Waals surface area contributed by atoms with Crippen molar-refractivity contribution in [3.8, 4) is 11.5 Å². The number of hydrogen-bond acceptors (Lipinski definition) is 4. The smallest absolute Gasteiger partial charge is 0.124 e. The van der Waals surface area contributed by atoms with Gasteiger partial charge in [-0.25, -0.2) is 0 Å². The van der Waals surface area contributed by atoms with E-state index in [1.54, 1.807) is 0 Å². The van der Waals surface area contributed by atoms with Crippen molar-refractivity contribution in [3.63, 3.8) is 0 Å². The number of nitrogens with zero attached hydrogens (tertiary/aromatic N) is 1. The van der Waals surface area contributed by atoms with Crippen LogP contribution in [0.2, 0.25) is 0 Å². The van der Waals surface area contributed by atoms with Crippen molar-refractivity contribution < 1.29 is 14.6 Å². The first-order valence-electron chi connectivity index (χ1n) is 7.11. The molecule has 1 fully saturated rings. The molecule has 4 nitrogen and oxygen atoms in total. The predicted octanol–water partition coefficient (Wildman–Crippen LogP) is 1.98. The number of rotatable bonds is 3. The van der Waals surface area contributed by atoms with Crippen LogP contribution in [0, 0.1) is 0 Å². The zero-order chi connectivity index (χ0) is 13.2. The lowest BCUT2D eigenvalue weighted by Crippen LogP contribution is -2.40. The molecular weight excluding hydrogens is 242 g/mol. The van der Waals surface area contributed by atoms with Crippen LogP contribution in [0.3, 0.4) is 0 Å². The van der Waals surface area contributed by atoms with Crippen molar-refractivity contribution in [1.29, 1.82) is 0 Å². The first kappa shape index (κ1) is 12.8. The maximum atomic E-state index is 10.3. The molecule has 0 bridgehead atoms. The monoisotopic (exact) mass is 263 g/mol. The largest absolute Gasteiger partial charge is 0.494 e. The van der Waals surface area contributed by atoms with E-state index < -0.39 is 6.10 Å². The van der Waals surface area contributed by atoms with Gasteiger partial charge in [0.25, 0.3) is 0 Å². The molecule has 0 radical (unpaired) electrons. The highest BCUT2D eigenvalue weighted by Gasteiger charge is 2.35. The standard InChI is InChI=1S/C15H21NO3/c1-2-18-11-5-6-14-12(9-11)15(13(17)10-19-14)16-7-3-4-8-16/h5-6,9,13,15,17H,2-4,7-8,10H2,1H3. The zero-order valence-electron chi connectivity index (χ0n) is 11.3. The minimum Gasteiger partial charge on any atom is -0.494 e. The molecule has 2 heterocycles. The van der Waals surface area contributed by atoms with Crippen molar-refractivity contribution in [2.75, 3.05) is 26.3 Å². The molecule has 2 unspecified atom stereocenters. The Morgan fingerprint density at radius 3 is 2.89 bits per heavy atom. The van der Waals surface area contributed by atoms with Crippen LogP contribution in [0.25, 0.3) is 0 Å². The molecule has 0 aromatic heterocycles. The third-order valence-corrected chi connectivity index (χ3v) is 3.92. The molecule has 0 spiro atoms. The zero-order valence-corrected chi connectivity index (χ0v) is 11.3. The Kier molecular flexibility index (Phi) is 3.62. The summed E-state index contributed by atoms with van der Waals surface area (Å²) in [4.78, 5) is 2.36. The summed E-state index contributed by atoms with van der Waals surface area (Å²) < 4.78 is 11.2. The minimum absolute atomic E-state index is 0.0478. The predicted molar refractivity (Wildman–Crippen MR) is 72.7 cm³/mol. The van der Waals surface area contributed by atoms with E-state index in [1.165, 1.54) is 12.8 Å². The molecule has 104 valence electrons. The van der Waals surface area contributed by atoms with Gasteiger partial charge < -0.3 is 14.6 Å². The third-order valence-electron chi connectivity index (χ3n) is 3.92. The molecule has 0 amide bonds. The van der Waals surface area contributed by atoms with Crippen LogP contribution in [-0.4, -0.2) is 42.4 Å². The molecular formula is C15H21NO3. The van der Waals surface area contributed by atoms with Gasteiger partial charge in [-0.3, -0.25) is 4.90 Å². The van der Waals surface area contributed by atoms with Crippen molar-refractivity contribution >= 4 is 0 Å². The molecule has 2 aliphatic heterocycles. The van der Waals surface area contributed by atoms with Gasteiger partial charge in [0.2, 0.25) is 0 Å². The van der Waals surface area contributed by atoms with E-state index in [2.05, 4.69) is 4.90 Å². The van der Waals surface area contributed by atoms with Crippen molar-refractivity contribution in [2.45, 2.75) is 31.9 Å². The molecule has 2 atom stereocenters. The molecule has 0 saturated carbocycles. The van der Waals surface area contributed by atoms with Crippen LogP contribution < -0.4 is 9.47 Å². The third kappa shape index (κ3) is 2.42. The highest BCUT2D eigenvalue weighted by atomic mass is 16.5. The quantitative estimate of drug-likeness (QED) is 0.905. The summed E-state index contributed by atoms with van der Waals surface area (Å²) in [6.07, 6.45) is 1.97. The molecule has 19 heavy (non-hydrogen) atoms. The highest BCUT2D eigenvalue weighted by molar-refractivity contribution is 5.44. The van der Waals surface area contributed by atoms with Crippen molar-refractivity contribution in [3.05, 3.63) is 23.8 Å². The summed E-state index contributed by atoms with van der Waals surface area (Å²) in [7, 11) is 0. The van der Waals surface area contributed by atoms with Gasteiger partial charge in [-0.05, 0) is 51.1 Å². The van der Waals surface area contributed by atoms with Crippen LogP contribution in [0.15, 0.2) is 18.2 Å². The van der Waals surface area contributed by atoms with E-state index in [0.717, 1.165) is 30.2 Å². The number of aliphatic hydroxyl groups excluding tert-OH is 1. The Morgan fingerprint density at radius 1 is 1.37 bits per heavy atom. The summed E-state index contributed by atoms with van der Waals surface area (Å²) in [6.45, 7) is 5.11. The van der Waals surface area contributed by atoms with Gasteiger partial charge in [-0.1, -0.05) is 0 Å². The van der Waals surface area contributed by atoms with E-state index in [9.17, 15) is 5.11 Å². The van der Waals surface area contributed by atoms with Gasteiger partial charge in [0.05, 0.1) is 12.6 Å². The lowest BCUT2D eigenvalue weighted by atomic mass is 9.96. The fourth-order valence-corrected chi connectivity index (χ4v) is 3.08. The van der Waals surface area contributed by atoms with Gasteiger partial charge >= 0.3 is 0 Å². The molecule has 3 rings (SSSR count). The number of benzene rings is 1. The lowest BCUT2D eigenvalue weighted by Gasteiger charge is -2.36. The Hall–Kier alpha value is -1.26. The Labute approximate surface area is 113 Å². The fourth-order valence-electron chi connectivity index (χ4n) is 3.08. The van der Waals surface area contributed by atoms with E-state index in [4.69, 9.17) is 9.47 Å². The molecule has 0 aliphatic carbocycles. The average Bonchev–Trinajstić information content (AvgIpc) is 2.92. The van der Waals surface area contributed by atoms with Crippen LogP contribution in [0.1, 0.15) is 31.4 Å². The fraction of sp³-hybridized carbons (Fsp3) is 0.600. The van der Waals surface area contributed by atoms with E-state index in [0.29, 0.717) is 13.2 Å². The molecule has 4 heteroatoms. The number of aliphatic hydroxyl groups is 1. The molecule has 1 N–H and O–H groups in total. The number of likely N-dealkylation sites (tertiary alicyclic amines) is 1. The number of ether oxygens (including phenoxy) is 2. The first-order valence-corrected chi connectivity index (χ1v) is 7.11. The van der Waals surface area contributed by atoms with Crippen molar-refractivity contribution in [2.24, 2.45) is 0 Å². The summed E-state index contributed by atoms with van der Waals surface area (Å²) >= 11 is 0. The molecule has 1 aromatic carbocycles. The molecule has 1 saturated heterocycles. The first-order chi connectivity index (χ1) is 9.29. The van der Waals surface area contributed by atoms with E-state index >= 15 is 0 Å². The van der Waals surface area contributed by atoms with Crippen LogP contribution in [-0.2, 0) is 0 Å². The van der Waals surface area contributed by atoms with Crippen LogP contribution >= 0.6 is 0 Å². The van der Waals surface area contributed by atoms with Gasteiger partial charge in [-0.15, -0.1) is 0 Å². The van der Waals surface area contributed by atoms with Crippen molar-refractivity contribution in [1.82, 2.24) is 4.90 Å². The van der Waals surface area contributed by atoms with Gasteiger partial charge in [0.15, 0.2) is 0 Å². The maximum Gasteiger partial charge on any atom is 0.124 e. The average molecular weight is 263 g/mol. The van der Waals surface area contributed by atoms with Crippen LogP contribution in [0.5, 0.6) is 11.5 Å². The summed E-state index contributed by atoms with van der Waals surface area (Å²) in [5.74, 6) is 1.73. The number of hydrogen-bond donors (Lipinski definition) is 1. The highest BCUT2D eigenvalue weighted by Crippen LogP contribution is 2.39. The Bertz CT molecular complexity index is 443.